The van der Waals surface area contributed by atoms with Crippen molar-refractivity contribution in [3.8, 4) is 0 Å². The number of aliphatic hydroxyl groups is 2. The Kier molecular flexibility index (Phi) is 14.0. The summed E-state index contributed by atoms with van der Waals surface area (Å²) in [6, 6.07) is 0. The molecule has 1 rings (SSSR count). The van der Waals surface area contributed by atoms with Gasteiger partial charge in [-0.15, -0.1) is 13.2 Å². The maximum absolute atomic E-state index is 7.00. The summed E-state index contributed by atoms with van der Waals surface area (Å²) in [6.45, 7) is 7.62. The van der Waals surface area contributed by atoms with Crippen molar-refractivity contribution in [2.45, 2.75) is 25.7 Å². The highest BCUT2D eigenvalue weighted by atomic mass is 16.2. The molecule has 1 aliphatic rings. The second kappa shape index (κ2) is 12.4. The van der Waals surface area contributed by atoms with E-state index >= 15 is 0 Å². The van der Waals surface area contributed by atoms with Crippen molar-refractivity contribution in [1.29, 1.82) is 0 Å². The third-order valence-corrected chi connectivity index (χ3v) is 2.48. The SMILES string of the molecule is C=CC1CCC(C=C)CC1.CO.CO. The number of aliphatic hydroxyl groups excluding tert-OH is 2. The molecule has 0 heterocycles. The summed E-state index contributed by atoms with van der Waals surface area (Å²) < 4.78 is 0. The zero-order valence-electron chi connectivity index (χ0n) is 9.45. The molecule has 0 aromatic heterocycles. The smallest absolute Gasteiger partial charge is 0.0319 e. The van der Waals surface area contributed by atoms with Crippen LogP contribution in [0.15, 0.2) is 25.3 Å². The zero-order chi connectivity index (χ0) is 11.4. The van der Waals surface area contributed by atoms with E-state index in [1.165, 1.54) is 25.7 Å². The van der Waals surface area contributed by atoms with Crippen molar-refractivity contribution in [2.75, 3.05) is 14.2 Å². The molecule has 1 aliphatic carbocycles. The first-order valence-corrected chi connectivity index (χ1v) is 5.01. The lowest BCUT2D eigenvalue weighted by Crippen LogP contribution is -2.10. The van der Waals surface area contributed by atoms with Crippen molar-refractivity contribution >= 4 is 0 Å². The minimum Gasteiger partial charge on any atom is -0.400 e. The molecule has 0 atom stereocenters. The molecule has 14 heavy (non-hydrogen) atoms. The van der Waals surface area contributed by atoms with Gasteiger partial charge < -0.3 is 10.2 Å². The van der Waals surface area contributed by atoms with Gasteiger partial charge in [0.15, 0.2) is 0 Å². The Labute approximate surface area is 88.0 Å². The predicted octanol–water partition coefficient (Wildman–Crippen LogP) is 2.38. The fourth-order valence-corrected chi connectivity index (χ4v) is 1.62. The Balaban J connectivity index is 0. The molecule has 1 fully saturated rings. The minimum atomic E-state index is 0.788. The molecule has 0 spiro atoms. The molecule has 0 aliphatic heterocycles. The lowest BCUT2D eigenvalue weighted by atomic mass is 9.82. The van der Waals surface area contributed by atoms with Crippen LogP contribution >= 0.6 is 0 Å². The minimum absolute atomic E-state index is 0.788. The van der Waals surface area contributed by atoms with E-state index < -0.39 is 0 Å². The molecule has 0 aromatic carbocycles. The van der Waals surface area contributed by atoms with E-state index in [4.69, 9.17) is 10.2 Å². The van der Waals surface area contributed by atoms with Gasteiger partial charge in [-0.1, -0.05) is 12.2 Å². The van der Waals surface area contributed by atoms with Gasteiger partial charge in [-0.25, -0.2) is 0 Å². The van der Waals surface area contributed by atoms with Gasteiger partial charge >= 0.3 is 0 Å². The monoisotopic (exact) mass is 200 g/mol. The van der Waals surface area contributed by atoms with E-state index in [-0.39, 0.29) is 0 Å². The summed E-state index contributed by atoms with van der Waals surface area (Å²) >= 11 is 0. The number of rotatable bonds is 2. The van der Waals surface area contributed by atoms with Crippen LogP contribution in [-0.2, 0) is 0 Å². The van der Waals surface area contributed by atoms with Crippen LogP contribution in [0.5, 0.6) is 0 Å². The fourth-order valence-electron chi connectivity index (χ4n) is 1.62. The molecule has 84 valence electrons. The van der Waals surface area contributed by atoms with Crippen molar-refractivity contribution in [2.24, 2.45) is 11.8 Å². The molecule has 0 radical (unpaired) electrons. The van der Waals surface area contributed by atoms with E-state index in [9.17, 15) is 0 Å². The molecule has 0 unspecified atom stereocenters. The maximum atomic E-state index is 7.00. The highest BCUT2D eigenvalue weighted by Crippen LogP contribution is 2.29. The van der Waals surface area contributed by atoms with Crippen LogP contribution in [0.2, 0.25) is 0 Å². The van der Waals surface area contributed by atoms with Crippen molar-refractivity contribution in [1.82, 2.24) is 0 Å². The Morgan fingerprint density at radius 2 is 1.00 bits per heavy atom. The molecule has 0 amide bonds. The molecule has 2 nitrogen and oxygen atoms in total. The normalized spacial score (nSPS) is 24.6. The Morgan fingerprint density at radius 1 is 0.786 bits per heavy atom. The fraction of sp³-hybridized carbons (Fsp3) is 0.667. The molecule has 0 aromatic rings. The molecular formula is C12H24O2. The standard InChI is InChI=1S/C10H16.2CH4O/c1-3-9-5-7-10(4-2)8-6-9;2*1-2/h3-4,9-10H,1-2,5-8H2;2*2H,1H3. The van der Waals surface area contributed by atoms with Crippen LogP contribution in [-0.4, -0.2) is 24.4 Å². The van der Waals surface area contributed by atoms with Gasteiger partial charge in [0.2, 0.25) is 0 Å². The van der Waals surface area contributed by atoms with Gasteiger partial charge in [0, 0.05) is 14.2 Å². The van der Waals surface area contributed by atoms with Crippen LogP contribution in [0.1, 0.15) is 25.7 Å². The second-order valence-corrected chi connectivity index (χ2v) is 3.15. The van der Waals surface area contributed by atoms with Crippen LogP contribution in [0.25, 0.3) is 0 Å². The Hall–Kier alpha value is -0.600. The number of hydrogen-bond donors (Lipinski definition) is 2. The first-order valence-electron chi connectivity index (χ1n) is 5.01. The quantitative estimate of drug-likeness (QED) is 0.672. The van der Waals surface area contributed by atoms with Gasteiger partial charge in [0.05, 0.1) is 0 Å². The van der Waals surface area contributed by atoms with E-state index in [1.54, 1.807) is 0 Å². The van der Waals surface area contributed by atoms with Crippen LogP contribution in [0.4, 0.5) is 0 Å². The average molecular weight is 200 g/mol. The summed E-state index contributed by atoms with van der Waals surface area (Å²) in [7, 11) is 2.00. The van der Waals surface area contributed by atoms with E-state index in [2.05, 4.69) is 25.3 Å². The number of allylic oxidation sites excluding steroid dienone is 2. The van der Waals surface area contributed by atoms with E-state index in [0.29, 0.717) is 0 Å². The molecular weight excluding hydrogens is 176 g/mol. The van der Waals surface area contributed by atoms with Gasteiger partial charge in [-0.2, -0.15) is 0 Å². The molecule has 0 saturated heterocycles. The predicted molar refractivity (Wildman–Crippen MR) is 62.1 cm³/mol. The molecule has 2 heteroatoms. The molecule has 1 saturated carbocycles. The summed E-state index contributed by atoms with van der Waals surface area (Å²) in [4.78, 5) is 0. The molecule has 0 bridgehead atoms. The van der Waals surface area contributed by atoms with Gasteiger partial charge in [-0.3, -0.25) is 0 Å². The topological polar surface area (TPSA) is 40.5 Å². The average Bonchev–Trinajstić information content (AvgIpc) is 2.34. The van der Waals surface area contributed by atoms with Crippen LogP contribution < -0.4 is 0 Å². The van der Waals surface area contributed by atoms with Gasteiger partial charge in [0.25, 0.3) is 0 Å². The zero-order valence-corrected chi connectivity index (χ0v) is 9.45. The maximum Gasteiger partial charge on any atom is 0.0319 e. The van der Waals surface area contributed by atoms with E-state index in [0.717, 1.165) is 26.1 Å². The summed E-state index contributed by atoms with van der Waals surface area (Å²) in [5.74, 6) is 1.58. The van der Waals surface area contributed by atoms with E-state index in [1.807, 2.05) is 0 Å². The largest absolute Gasteiger partial charge is 0.400 e. The Morgan fingerprint density at radius 3 is 1.14 bits per heavy atom. The van der Waals surface area contributed by atoms with Crippen molar-refractivity contribution in [3.05, 3.63) is 25.3 Å². The lowest BCUT2D eigenvalue weighted by Gasteiger charge is -2.23. The summed E-state index contributed by atoms with van der Waals surface area (Å²) in [6.07, 6.45) is 9.47. The highest BCUT2D eigenvalue weighted by molar-refractivity contribution is 4.89. The third kappa shape index (κ3) is 6.87. The highest BCUT2D eigenvalue weighted by Gasteiger charge is 2.15. The first-order chi connectivity index (χ1) is 6.86. The Bertz CT molecular complexity index is 108. The molecule has 2 N–H and O–H groups in total. The van der Waals surface area contributed by atoms with Crippen LogP contribution in [0.3, 0.4) is 0 Å². The van der Waals surface area contributed by atoms with Gasteiger partial charge in [-0.05, 0) is 37.5 Å². The van der Waals surface area contributed by atoms with Crippen molar-refractivity contribution in [3.63, 3.8) is 0 Å². The third-order valence-electron chi connectivity index (χ3n) is 2.48. The second-order valence-electron chi connectivity index (χ2n) is 3.15. The first kappa shape index (κ1) is 15.9. The lowest BCUT2D eigenvalue weighted by molar-refractivity contribution is 0.357. The summed E-state index contributed by atoms with van der Waals surface area (Å²) in [5, 5.41) is 14.0. The van der Waals surface area contributed by atoms with Crippen molar-refractivity contribution < 1.29 is 10.2 Å². The van der Waals surface area contributed by atoms with Crippen LogP contribution in [0, 0.1) is 11.8 Å². The number of hydrogen-bond acceptors (Lipinski definition) is 2. The summed E-state index contributed by atoms with van der Waals surface area (Å²) in [5.41, 5.74) is 0. The van der Waals surface area contributed by atoms with Gasteiger partial charge in [0.1, 0.15) is 0 Å².